The fourth-order valence-corrected chi connectivity index (χ4v) is 3.74. The summed E-state index contributed by atoms with van der Waals surface area (Å²) >= 11 is 0. The van der Waals surface area contributed by atoms with Crippen LogP contribution in [-0.2, 0) is 6.54 Å². The summed E-state index contributed by atoms with van der Waals surface area (Å²) in [6.45, 7) is 5.65. The van der Waals surface area contributed by atoms with Crippen LogP contribution in [0.3, 0.4) is 0 Å². The zero-order valence-electron chi connectivity index (χ0n) is 16.2. The van der Waals surface area contributed by atoms with Gasteiger partial charge in [0.05, 0.1) is 0 Å². The molecule has 0 aliphatic carbocycles. The fraction of sp³-hybridized carbons (Fsp3) is 0.360. The van der Waals surface area contributed by atoms with Gasteiger partial charge < -0.3 is 4.57 Å². The number of nitrogens with zero attached hydrogens (tertiary/aromatic N) is 1. The standard InChI is InChI=1S/C25H31N/c1-3-4-5-6-7-14-19-26-21(2)24(22-15-10-8-11-16-22)20-25(26)23-17-12-9-13-18-23/h8-13,15-18,20H,3-7,14,19H2,1-2H3. The van der Waals surface area contributed by atoms with Crippen LogP contribution in [-0.4, -0.2) is 4.57 Å². The Labute approximate surface area is 158 Å². The van der Waals surface area contributed by atoms with Crippen molar-refractivity contribution >= 4 is 0 Å². The van der Waals surface area contributed by atoms with E-state index in [2.05, 4.69) is 85.1 Å². The first kappa shape index (κ1) is 18.5. The Morgan fingerprint density at radius 2 is 1.27 bits per heavy atom. The Kier molecular flexibility index (Phi) is 6.71. The summed E-state index contributed by atoms with van der Waals surface area (Å²) in [6, 6.07) is 24.0. The predicted octanol–water partition coefficient (Wildman–Crippen LogP) is 7.49. The third-order valence-corrected chi connectivity index (χ3v) is 5.26. The van der Waals surface area contributed by atoms with Crippen LogP contribution in [0.1, 0.15) is 51.1 Å². The fourth-order valence-electron chi connectivity index (χ4n) is 3.74. The van der Waals surface area contributed by atoms with Gasteiger partial charge in [-0.2, -0.15) is 0 Å². The number of hydrogen-bond donors (Lipinski definition) is 0. The summed E-state index contributed by atoms with van der Waals surface area (Å²) in [5.41, 5.74) is 6.70. The summed E-state index contributed by atoms with van der Waals surface area (Å²) in [5, 5.41) is 0. The molecule has 136 valence electrons. The number of rotatable bonds is 9. The maximum absolute atomic E-state index is 2.53. The molecule has 1 heterocycles. The number of unbranched alkanes of at least 4 members (excludes halogenated alkanes) is 5. The van der Waals surface area contributed by atoms with Crippen molar-refractivity contribution in [2.45, 2.75) is 58.9 Å². The van der Waals surface area contributed by atoms with E-state index in [1.165, 1.54) is 66.6 Å². The Bertz CT molecular complexity index is 784. The van der Waals surface area contributed by atoms with E-state index in [9.17, 15) is 0 Å². The van der Waals surface area contributed by atoms with Crippen molar-refractivity contribution in [3.05, 3.63) is 72.4 Å². The minimum atomic E-state index is 1.11. The van der Waals surface area contributed by atoms with E-state index in [0.717, 1.165) is 6.54 Å². The van der Waals surface area contributed by atoms with Crippen LogP contribution in [0, 0.1) is 6.92 Å². The molecule has 0 saturated heterocycles. The Morgan fingerprint density at radius 3 is 1.92 bits per heavy atom. The zero-order chi connectivity index (χ0) is 18.2. The van der Waals surface area contributed by atoms with Crippen LogP contribution >= 0.6 is 0 Å². The number of hydrogen-bond acceptors (Lipinski definition) is 0. The second-order valence-electron chi connectivity index (χ2n) is 7.18. The van der Waals surface area contributed by atoms with Gasteiger partial charge in [0.2, 0.25) is 0 Å². The lowest BCUT2D eigenvalue weighted by Gasteiger charge is -2.12. The molecule has 2 aromatic carbocycles. The lowest BCUT2D eigenvalue weighted by Crippen LogP contribution is -2.03. The summed E-state index contributed by atoms with van der Waals surface area (Å²) in [7, 11) is 0. The smallest absolute Gasteiger partial charge is 0.0488 e. The van der Waals surface area contributed by atoms with E-state index >= 15 is 0 Å². The van der Waals surface area contributed by atoms with Crippen LogP contribution in [0.5, 0.6) is 0 Å². The maximum Gasteiger partial charge on any atom is 0.0488 e. The second kappa shape index (κ2) is 9.43. The van der Waals surface area contributed by atoms with Crippen LogP contribution in [0.15, 0.2) is 66.7 Å². The van der Waals surface area contributed by atoms with E-state index in [4.69, 9.17) is 0 Å². The van der Waals surface area contributed by atoms with Crippen molar-refractivity contribution < 1.29 is 0 Å². The van der Waals surface area contributed by atoms with Gasteiger partial charge in [0.25, 0.3) is 0 Å². The molecule has 26 heavy (non-hydrogen) atoms. The molecule has 1 nitrogen and oxygen atoms in total. The Hall–Kier alpha value is -2.28. The molecular weight excluding hydrogens is 314 g/mol. The average Bonchev–Trinajstić information content (AvgIpc) is 3.02. The van der Waals surface area contributed by atoms with Gasteiger partial charge in [-0.05, 0) is 30.5 Å². The van der Waals surface area contributed by atoms with Crippen molar-refractivity contribution in [3.63, 3.8) is 0 Å². The van der Waals surface area contributed by atoms with Gasteiger partial charge in [-0.3, -0.25) is 0 Å². The molecule has 0 radical (unpaired) electrons. The molecule has 0 saturated carbocycles. The minimum absolute atomic E-state index is 1.11. The van der Waals surface area contributed by atoms with Crippen molar-refractivity contribution in [1.82, 2.24) is 4.57 Å². The van der Waals surface area contributed by atoms with Gasteiger partial charge in [0, 0.05) is 23.5 Å². The second-order valence-corrected chi connectivity index (χ2v) is 7.18. The van der Waals surface area contributed by atoms with Crippen molar-refractivity contribution in [2.75, 3.05) is 0 Å². The van der Waals surface area contributed by atoms with Gasteiger partial charge in [-0.15, -0.1) is 0 Å². The largest absolute Gasteiger partial charge is 0.344 e. The lowest BCUT2D eigenvalue weighted by molar-refractivity contribution is 0.556. The average molecular weight is 346 g/mol. The first-order valence-corrected chi connectivity index (χ1v) is 10.1. The van der Waals surface area contributed by atoms with E-state index in [1.807, 2.05) is 0 Å². The summed E-state index contributed by atoms with van der Waals surface area (Å²) in [5.74, 6) is 0. The number of benzene rings is 2. The normalized spacial score (nSPS) is 11.0. The third kappa shape index (κ3) is 4.46. The molecule has 1 aromatic heterocycles. The highest BCUT2D eigenvalue weighted by atomic mass is 15.0. The van der Waals surface area contributed by atoms with Crippen LogP contribution in [0.25, 0.3) is 22.4 Å². The highest BCUT2D eigenvalue weighted by molar-refractivity contribution is 5.74. The van der Waals surface area contributed by atoms with Crippen LogP contribution in [0.2, 0.25) is 0 Å². The van der Waals surface area contributed by atoms with Crippen molar-refractivity contribution in [3.8, 4) is 22.4 Å². The quantitative estimate of drug-likeness (QED) is 0.354. The van der Waals surface area contributed by atoms with E-state index in [0.29, 0.717) is 0 Å². The minimum Gasteiger partial charge on any atom is -0.344 e. The molecule has 3 aromatic rings. The molecule has 1 heteroatoms. The zero-order valence-corrected chi connectivity index (χ0v) is 16.2. The SMILES string of the molecule is CCCCCCCCn1c(-c2ccccc2)cc(-c2ccccc2)c1C. The first-order chi connectivity index (χ1) is 12.8. The van der Waals surface area contributed by atoms with Gasteiger partial charge in [-0.25, -0.2) is 0 Å². The molecular formula is C25H31N. The van der Waals surface area contributed by atoms with Gasteiger partial charge >= 0.3 is 0 Å². The van der Waals surface area contributed by atoms with Crippen molar-refractivity contribution in [2.24, 2.45) is 0 Å². The molecule has 3 rings (SSSR count). The Morgan fingerprint density at radius 1 is 0.692 bits per heavy atom. The van der Waals surface area contributed by atoms with E-state index < -0.39 is 0 Å². The molecule has 0 aliphatic heterocycles. The first-order valence-electron chi connectivity index (χ1n) is 10.1. The molecule has 0 unspecified atom stereocenters. The molecule has 0 fully saturated rings. The van der Waals surface area contributed by atoms with Gasteiger partial charge in [0.15, 0.2) is 0 Å². The monoisotopic (exact) mass is 345 g/mol. The third-order valence-electron chi connectivity index (χ3n) is 5.26. The van der Waals surface area contributed by atoms with E-state index in [-0.39, 0.29) is 0 Å². The Balaban J connectivity index is 1.85. The highest BCUT2D eigenvalue weighted by Gasteiger charge is 2.14. The van der Waals surface area contributed by atoms with Gasteiger partial charge in [-0.1, -0.05) is 99.7 Å². The molecule has 0 atom stereocenters. The maximum atomic E-state index is 2.53. The molecule has 0 aliphatic rings. The molecule has 0 amide bonds. The predicted molar refractivity (Wildman–Crippen MR) is 113 cm³/mol. The molecule has 0 bridgehead atoms. The van der Waals surface area contributed by atoms with E-state index in [1.54, 1.807) is 0 Å². The number of aromatic nitrogens is 1. The highest BCUT2D eigenvalue weighted by Crippen LogP contribution is 2.32. The summed E-state index contributed by atoms with van der Waals surface area (Å²) in [6.07, 6.45) is 8.01. The van der Waals surface area contributed by atoms with Crippen LogP contribution in [0.4, 0.5) is 0 Å². The van der Waals surface area contributed by atoms with Gasteiger partial charge in [0.1, 0.15) is 0 Å². The van der Waals surface area contributed by atoms with Crippen LogP contribution < -0.4 is 0 Å². The summed E-state index contributed by atoms with van der Waals surface area (Å²) in [4.78, 5) is 0. The molecule has 0 spiro atoms. The molecule has 0 N–H and O–H groups in total. The lowest BCUT2D eigenvalue weighted by atomic mass is 10.1. The topological polar surface area (TPSA) is 4.93 Å². The summed E-state index contributed by atoms with van der Waals surface area (Å²) < 4.78 is 2.53. The van der Waals surface area contributed by atoms with Crippen molar-refractivity contribution in [1.29, 1.82) is 0 Å².